The van der Waals surface area contributed by atoms with Crippen LogP contribution < -0.4 is 5.32 Å². The van der Waals surface area contributed by atoms with Crippen molar-refractivity contribution in [2.45, 2.75) is 19.4 Å². The summed E-state index contributed by atoms with van der Waals surface area (Å²) in [6, 6.07) is 13.0. The minimum atomic E-state index is -1.08. The van der Waals surface area contributed by atoms with E-state index in [-0.39, 0.29) is 5.91 Å². The number of benzene rings is 1. The first kappa shape index (κ1) is 16.9. The van der Waals surface area contributed by atoms with E-state index in [1.165, 1.54) is 7.11 Å². The molecule has 1 amide bonds. The molecule has 0 spiro atoms. The molecule has 0 saturated heterocycles. The van der Waals surface area contributed by atoms with Gasteiger partial charge in [0.25, 0.3) is 5.91 Å². The maximum Gasteiger partial charge on any atom is 0.261 e. The van der Waals surface area contributed by atoms with Gasteiger partial charge in [-0.2, -0.15) is 0 Å². The molecule has 0 bridgehead atoms. The summed E-state index contributed by atoms with van der Waals surface area (Å²) < 4.78 is 7.38. The molecule has 1 atom stereocenters. The Kier molecular flexibility index (Phi) is 4.63. The molecule has 2 aromatic heterocycles. The standard InChI is InChI=1S/C19H20N4O2/c1-14-20-11-12-23(14)17-10-9-16(13-21-17)22-18(24)19(2,25-3)15-7-5-4-6-8-15/h4-13H,1-3H3,(H,22,24). The Balaban J connectivity index is 1.79. The second kappa shape index (κ2) is 6.86. The van der Waals surface area contributed by atoms with Crippen LogP contribution in [0.25, 0.3) is 5.82 Å². The summed E-state index contributed by atoms with van der Waals surface area (Å²) in [6.07, 6.45) is 5.18. The molecule has 3 rings (SSSR count). The zero-order valence-electron chi connectivity index (χ0n) is 14.4. The van der Waals surface area contributed by atoms with Gasteiger partial charge < -0.3 is 10.1 Å². The molecule has 1 aromatic carbocycles. The number of amides is 1. The zero-order valence-corrected chi connectivity index (χ0v) is 14.4. The van der Waals surface area contributed by atoms with Crippen molar-refractivity contribution in [3.63, 3.8) is 0 Å². The van der Waals surface area contributed by atoms with Crippen LogP contribution in [0.2, 0.25) is 0 Å². The van der Waals surface area contributed by atoms with Crippen LogP contribution in [0, 0.1) is 6.92 Å². The fourth-order valence-electron chi connectivity index (χ4n) is 2.57. The van der Waals surface area contributed by atoms with Crippen molar-refractivity contribution < 1.29 is 9.53 Å². The fourth-order valence-corrected chi connectivity index (χ4v) is 2.57. The number of anilines is 1. The Hall–Kier alpha value is -2.99. The number of ether oxygens (including phenoxy) is 1. The van der Waals surface area contributed by atoms with E-state index in [1.807, 2.05) is 54.1 Å². The molecule has 1 unspecified atom stereocenters. The third-order valence-electron chi connectivity index (χ3n) is 4.24. The molecule has 2 heterocycles. The van der Waals surface area contributed by atoms with Crippen molar-refractivity contribution in [3.05, 3.63) is 72.4 Å². The van der Waals surface area contributed by atoms with Crippen LogP contribution in [-0.2, 0) is 15.1 Å². The van der Waals surface area contributed by atoms with Gasteiger partial charge in [-0.05, 0) is 31.5 Å². The highest BCUT2D eigenvalue weighted by atomic mass is 16.5. The van der Waals surface area contributed by atoms with Gasteiger partial charge in [-0.15, -0.1) is 0 Å². The van der Waals surface area contributed by atoms with Gasteiger partial charge in [-0.1, -0.05) is 30.3 Å². The highest BCUT2D eigenvalue weighted by Gasteiger charge is 2.35. The van der Waals surface area contributed by atoms with Crippen molar-refractivity contribution in [2.24, 2.45) is 0 Å². The lowest BCUT2D eigenvalue weighted by molar-refractivity contribution is -0.136. The highest BCUT2D eigenvalue weighted by molar-refractivity contribution is 5.97. The zero-order chi connectivity index (χ0) is 17.9. The Morgan fingerprint density at radius 2 is 1.92 bits per heavy atom. The number of nitrogens with one attached hydrogen (secondary N) is 1. The molecule has 6 nitrogen and oxygen atoms in total. The molecule has 0 radical (unpaired) electrons. The fraction of sp³-hybridized carbons (Fsp3) is 0.211. The van der Waals surface area contributed by atoms with E-state index in [0.29, 0.717) is 5.69 Å². The number of rotatable bonds is 5. The molecule has 6 heteroatoms. The minimum absolute atomic E-state index is 0.255. The van der Waals surface area contributed by atoms with E-state index in [2.05, 4.69) is 15.3 Å². The second-order valence-electron chi connectivity index (χ2n) is 5.81. The molecule has 0 fully saturated rings. The number of pyridine rings is 1. The first-order valence-electron chi connectivity index (χ1n) is 7.93. The van der Waals surface area contributed by atoms with Gasteiger partial charge in [0, 0.05) is 19.5 Å². The van der Waals surface area contributed by atoms with Crippen molar-refractivity contribution in [2.75, 3.05) is 12.4 Å². The highest BCUT2D eigenvalue weighted by Crippen LogP contribution is 2.26. The van der Waals surface area contributed by atoms with E-state index < -0.39 is 5.60 Å². The molecular weight excluding hydrogens is 316 g/mol. The summed E-state index contributed by atoms with van der Waals surface area (Å²) in [5.74, 6) is 1.33. The summed E-state index contributed by atoms with van der Waals surface area (Å²) in [5, 5.41) is 2.87. The lowest BCUT2D eigenvalue weighted by atomic mass is 9.94. The summed E-state index contributed by atoms with van der Waals surface area (Å²) >= 11 is 0. The molecule has 0 aliphatic rings. The van der Waals surface area contributed by atoms with E-state index in [0.717, 1.165) is 17.2 Å². The van der Waals surface area contributed by atoms with Crippen molar-refractivity contribution in [3.8, 4) is 5.82 Å². The number of nitrogens with zero attached hydrogens (tertiary/aromatic N) is 3. The van der Waals surface area contributed by atoms with E-state index in [1.54, 1.807) is 25.4 Å². The summed E-state index contributed by atoms with van der Waals surface area (Å²) in [7, 11) is 1.52. The van der Waals surface area contributed by atoms with Crippen molar-refractivity contribution >= 4 is 11.6 Å². The minimum Gasteiger partial charge on any atom is -0.364 e. The lowest BCUT2D eigenvalue weighted by Crippen LogP contribution is -2.39. The smallest absolute Gasteiger partial charge is 0.261 e. The first-order chi connectivity index (χ1) is 12.0. The maximum atomic E-state index is 12.8. The monoisotopic (exact) mass is 336 g/mol. The summed E-state index contributed by atoms with van der Waals surface area (Å²) in [6.45, 7) is 3.65. The van der Waals surface area contributed by atoms with Crippen molar-refractivity contribution in [1.29, 1.82) is 0 Å². The van der Waals surface area contributed by atoms with Gasteiger partial charge in [0.15, 0.2) is 5.60 Å². The van der Waals surface area contributed by atoms with Gasteiger partial charge in [-0.25, -0.2) is 9.97 Å². The number of imidazole rings is 1. The normalized spacial score (nSPS) is 13.2. The summed E-state index contributed by atoms with van der Waals surface area (Å²) in [4.78, 5) is 21.3. The first-order valence-corrected chi connectivity index (χ1v) is 7.93. The quantitative estimate of drug-likeness (QED) is 0.777. The SMILES string of the molecule is COC(C)(C(=O)Nc1ccc(-n2ccnc2C)nc1)c1ccccc1. The largest absolute Gasteiger partial charge is 0.364 e. The number of carbonyl (C=O) groups is 1. The average Bonchev–Trinajstić information content (AvgIpc) is 3.08. The molecule has 3 aromatic rings. The molecule has 25 heavy (non-hydrogen) atoms. The average molecular weight is 336 g/mol. The van der Waals surface area contributed by atoms with Crippen LogP contribution in [-0.4, -0.2) is 27.6 Å². The van der Waals surface area contributed by atoms with Crippen LogP contribution >= 0.6 is 0 Å². The molecule has 0 aliphatic carbocycles. The van der Waals surface area contributed by atoms with E-state index >= 15 is 0 Å². The Labute approximate surface area is 146 Å². The molecule has 0 saturated carbocycles. The van der Waals surface area contributed by atoms with Gasteiger partial charge in [0.2, 0.25) is 0 Å². The van der Waals surface area contributed by atoms with Gasteiger partial charge in [-0.3, -0.25) is 9.36 Å². The number of aromatic nitrogens is 3. The third kappa shape index (κ3) is 3.29. The Morgan fingerprint density at radius 3 is 2.48 bits per heavy atom. The predicted molar refractivity (Wildman–Crippen MR) is 95.5 cm³/mol. The van der Waals surface area contributed by atoms with Crippen LogP contribution in [0.1, 0.15) is 18.3 Å². The van der Waals surface area contributed by atoms with Gasteiger partial charge in [0.1, 0.15) is 11.6 Å². The van der Waals surface area contributed by atoms with E-state index in [4.69, 9.17) is 4.74 Å². The van der Waals surface area contributed by atoms with Crippen LogP contribution in [0.5, 0.6) is 0 Å². The van der Waals surface area contributed by atoms with Gasteiger partial charge in [0.05, 0.1) is 11.9 Å². The van der Waals surface area contributed by atoms with Crippen molar-refractivity contribution in [1.82, 2.24) is 14.5 Å². The Bertz CT molecular complexity index is 859. The van der Waals surface area contributed by atoms with Crippen LogP contribution in [0.4, 0.5) is 5.69 Å². The molecule has 1 N–H and O–H groups in total. The third-order valence-corrected chi connectivity index (χ3v) is 4.24. The number of methoxy groups -OCH3 is 1. The van der Waals surface area contributed by atoms with Gasteiger partial charge >= 0.3 is 0 Å². The summed E-state index contributed by atoms with van der Waals surface area (Å²) in [5.41, 5.74) is 0.306. The van der Waals surface area contributed by atoms with Crippen LogP contribution in [0.3, 0.4) is 0 Å². The number of hydrogen-bond acceptors (Lipinski definition) is 4. The van der Waals surface area contributed by atoms with Crippen LogP contribution in [0.15, 0.2) is 61.1 Å². The number of carbonyl (C=O) groups excluding carboxylic acids is 1. The van der Waals surface area contributed by atoms with E-state index in [9.17, 15) is 4.79 Å². The Morgan fingerprint density at radius 1 is 1.16 bits per heavy atom. The second-order valence-corrected chi connectivity index (χ2v) is 5.81. The predicted octanol–water partition coefficient (Wildman–Crippen LogP) is 3.08. The topological polar surface area (TPSA) is 69.0 Å². The number of hydrogen-bond donors (Lipinski definition) is 1. The number of aryl methyl sites for hydroxylation is 1. The molecule has 128 valence electrons. The maximum absolute atomic E-state index is 12.8. The molecule has 0 aliphatic heterocycles. The lowest BCUT2D eigenvalue weighted by Gasteiger charge is -2.27. The molecular formula is C19H20N4O2.